The molecular weight excluding hydrogens is 408 g/mol. The molecule has 3 fully saturated rings. The number of ketones is 2. The molecule has 0 aromatic carbocycles. The second-order valence-electron chi connectivity index (χ2n) is 12.8. The molecule has 0 aliphatic heterocycles. The molecule has 0 radical (unpaired) electrons. The van der Waals surface area contributed by atoms with Crippen LogP contribution < -0.4 is 0 Å². The summed E-state index contributed by atoms with van der Waals surface area (Å²) < 4.78 is 6.56. The highest BCUT2D eigenvalue weighted by Gasteiger charge is 2.75. The fourth-order valence-corrected chi connectivity index (χ4v) is 8.70. The van der Waals surface area contributed by atoms with Crippen LogP contribution in [0, 0.1) is 34.5 Å². The molecule has 0 N–H and O–H groups in total. The third-order valence-electron chi connectivity index (χ3n) is 10.4. The zero-order chi connectivity index (χ0) is 23.3. The summed E-state index contributed by atoms with van der Waals surface area (Å²) in [6.07, 6.45) is 11.1. The van der Waals surface area contributed by atoms with Crippen LogP contribution in [0.1, 0.15) is 97.0 Å². The average molecular weight is 447 g/mol. The Morgan fingerprint density at radius 3 is 2.64 bits per heavy atom. The summed E-state index contributed by atoms with van der Waals surface area (Å²) >= 11 is 0. The lowest BCUT2D eigenvalue weighted by Gasteiger charge is -2.54. The smallest absolute Gasteiger partial charge is 0.155 e. The molecule has 6 rings (SSSR count). The predicted molar refractivity (Wildman–Crippen MR) is 129 cm³/mol. The van der Waals surface area contributed by atoms with Gasteiger partial charge in [-0.2, -0.15) is 0 Å². The highest BCUT2D eigenvalue weighted by Crippen LogP contribution is 2.79. The lowest BCUT2D eigenvalue weighted by atomic mass is 9.50. The number of fused-ring (bicyclic) bond motifs is 4. The van der Waals surface area contributed by atoms with Crippen LogP contribution in [0.2, 0.25) is 0 Å². The average Bonchev–Trinajstić information content (AvgIpc) is 3.12. The van der Waals surface area contributed by atoms with Gasteiger partial charge in [0.05, 0.1) is 0 Å². The quantitative estimate of drug-likeness (QED) is 0.473. The van der Waals surface area contributed by atoms with E-state index >= 15 is 0 Å². The normalized spacial score (nSPS) is 41.4. The van der Waals surface area contributed by atoms with Crippen molar-refractivity contribution in [2.45, 2.75) is 90.9 Å². The van der Waals surface area contributed by atoms with Crippen molar-refractivity contribution in [1.29, 1.82) is 0 Å². The Morgan fingerprint density at radius 2 is 1.94 bits per heavy atom. The van der Waals surface area contributed by atoms with E-state index < -0.39 is 0 Å². The van der Waals surface area contributed by atoms with E-state index in [1.54, 1.807) is 5.57 Å². The maximum Gasteiger partial charge on any atom is 0.155 e. The predicted octanol–water partition coefficient (Wildman–Crippen LogP) is 6.93. The number of rotatable bonds is 3. The maximum absolute atomic E-state index is 12.9. The van der Waals surface area contributed by atoms with Crippen LogP contribution in [0.25, 0.3) is 0 Å². The number of carbonyl (C=O) groups excluding carboxylic acids is 2. The Morgan fingerprint density at radius 1 is 1.18 bits per heavy atom. The van der Waals surface area contributed by atoms with Gasteiger partial charge >= 0.3 is 0 Å². The second kappa shape index (κ2) is 6.83. The molecule has 6 unspecified atom stereocenters. The van der Waals surface area contributed by atoms with Crippen molar-refractivity contribution in [3.8, 4) is 0 Å². The van der Waals surface area contributed by atoms with Crippen LogP contribution in [0.15, 0.2) is 39.8 Å². The van der Waals surface area contributed by atoms with Gasteiger partial charge in [0.1, 0.15) is 17.3 Å². The van der Waals surface area contributed by atoms with E-state index in [0.29, 0.717) is 36.4 Å². The molecular formula is C30H38O3. The molecule has 0 amide bonds. The first-order chi connectivity index (χ1) is 15.6. The van der Waals surface area contributed by atoms with Gasteiger partial charge in [0.15, 0.2) is 5.78 Å². The lowest BCUT2D eigenvalue weighted by molar-refractivity contribution is -0.121. The van der Waals surface area contributed by atoms with Crippen molar-refractivity contribution in [3.63, 3.8) is 0 Å². The standard InChI is InChI=1S/C30H38O3/c1-6-23(32)27-22-8-7-21-26-19(24-9-10-25(33-24)28(2,3)4)16-17-15-18(31)11-13-29(17,5)20(26)12-14-30(21,22)27/h9-10,12,15,19,21-22,26-27H,6-8,11,13-14,16H2,1-5H3/t19-,21?,22?,26?,27?,29?,30?/m0/s1. The van der Waals surface area contributed by atoms with Gasteiger partial charge in [-0.25, -0.2) is 0 Å². The maximum atomic E-state index is 12.9. The number of furan rings is 1. The first kappa shape index (κ1) is 21.6. The minimum absolute atomic E-state index is 0.00657. The molecule has 7 atom stereocenters. The summed E-state index contributed by atoms with van der Waals surface area (Å²) in [7, 11) is 0. The molecule has 176 valence electrons. The van der Waals surface area contributed by atoms with Crippen LogP contribution in [-0.2, 0) is 15.0 Å². The fraction of sp³-hybridized carbons (Fsp3) is 0.667. The van der Waals surface area contributed by atoms with E-state index in [0.717, 1.165) is 30.8 Å². The van der Waals surface area contributed by atoms with Gasteiger partial charge in [0, 0.05) is 35.5 Å². The Bertz CT molecular complexity index is 1090. The Labute approximate surface area is 198 Å². The van der Waals surface area contributed by atoms with Crippen molar-refractivity contribution in [2.75, 3.05) is 0 Å². The summed E-state index contributed by atoms with van der Waals surface area (Å²) in [5.41, 5.74) is 3.02. The van der Waals surface area contributed by atoms with Crippen LogP contribution in [0.3, 0.4) is 0 Å². The van der Waals surface area contributed by atoms with Crippen molar-refractivity contribution in [1.82, 2.24) is 0 Å². The van der Waals surface area contributed by atoms with Gasteiger partial charge in [-0.3, -0.25) is 9.59 Å². The first-order valence-corrected chi connectivity index (χ1v) is 13.2. The third kappa shape index (κ3) is 2.80. The van der Waals surface area contributed by atoms with Crippen LogP contribution in [0.5, 0.6) is 0 Å². The summed E-state index contributed by atoms with van der Waals surface area (Å²) in [5, 5.41) is 0. The second-order valence-corrected chi connectivity index (χ2v) is 12.8. The summed E-state index contributed by atoms with van der Waals surface area (Å²) in [6.45, 7) is 11.0. The minimum Gasteiger partial charge on any atom is -0.465 e. The van der Waals surface area contributed by atoms with E-state index in [-0.39, 0.29) is 33.9 Å². The molecule has 3 saturated carbocycles. The van der Waals surface area contributed by atoms with Crippen molar-refractivity contribution >= 4 is 11.6 Å². The van der Waals surface area contributed by atoms with E-state index in [9.17, 15) is 9.59 Å². The molecule has 3 nitrogen and oxygen atoms in total. The molecule has 1 aromatic rings. The zero-order valence-corrected chi connectivity index (χ0v) is 20.9. The van der Waals surface area contributed by atoms with Crippen molar-refractivity contribution in [3.05, 3.63) is 47.0 Å². The van der Waals surface area contributed by atoms with E-state index in [1.165, 1.54) is 18.4 Å². The van der Waals surface area contributed by atoms with E-state index in [4.69, 9.17) is 4.42 Å². The lowest BCUT2D eigenvalue weighted by Crippen LogP contribution is -2.45. The molecule has 5 aliphatic rings. The highest BCUT2D eigenvalue weighted by atomic mass is 16.3. The Kier molecular flexibility index (Phi) is 4.47. The van der Waals surface area contributed by atoms with E-state index in [1.807, 2.05) is 13.0 Å². The largest absolute Gasteiger partial charge is 0.465 e. The molecule has 0 saturated heterocycles. The monoisotopic (exact) mass is 446 g/mol. The van der Waals surface area contributed by atoms with Crippen LogP contribution >= 0.6 is 0 Å². The van der Waals surface area contributed by atoms with Crippen molar-refractivity contribution in [2.24, 2.45) is 34.5 Å². The topological polar surface area (TPSA) is 47.3 Å². The minimum atomic E-state index is -0.0262. The van der Waals surface area contributed by atoms with Gasteiger partial charge in [0.25, 0.3) is 0 Å². The summed E-state index contributed by atoms with van der Waals surface area (Å²) in [6, 6.07) is 4.36. The molecule has 5 aliphatic carbocycles. The van der Waals surface area contributed by atoms with Gasteiger partial charge < -0.3 is 4.42 Å². The molecule has 33 heavy (non-hydrogen) atoms. The molecule has 1 spiro atoms. The molecule has 3 heteroatoms. The van der Waals surface area contributed by atoms with Gasteiger partial charge in [-0.1, -0.05) is 51.8 Å². The van der Waals surface area contributed by atoms with Gasteiger partial charge in [-0.15, -0.1) is 0 Å². The summed E-state index contributed by atoms with van der Waals surface area (Å²) in [4.78, 5) is 25.3. The van der Waals surface area contributed by atoms with Crippen LogP contribution in [0.4, 0.5) is 0 Å². The number of carbonyl (C=O) groups is 2. The molecule has 1 aromatic heterocycles. The van der Waals surface area contributed by atoms with E-state index in [2.05, 4.69) is 45.9 Å². The number of hydrogen-bond donors (Lipinski definition) is 0. The number of allylic oxidation sites excluding steroid dienone is 4. The Balaban J connectivity index is 1.47. The Hall–Kier alpha value is -1.90. The summed E-state index contributed by atoms with van der Waals surface area (Å²) in [5.74, 6) is 4.99. The molecule has 1 heterocycles. The number of Topliss-reactive ketones (excluding diaryl/α,β-unsaturated/α-hetero) is 1. The molecule has 0 bridgehead atoms. The number of hydrogen-bond acceptors (Lipinski definition) is 3. The van der Waals surface area contributed by atoms with Crippen molar-refractivity contribution < 1.29 is 14.0 Å². The fourth-order valence-electron chi connectivity index (χ4n) is 8.70. The van der Waals surface area contributed by atoms with Gasteiger partial charge in [0.2, 0.25) is 0 Å². The first-order valence-electron chi connectivity index (χ1n) is 13.2. The SMILES string of the molecule is CCC(=O)C1C2CCC3C4C(=CCC321)C1(C)CCC(=O)C=C1C[C@H]4c1ccc(C(C)(C)C)o1. The van der Waals surface area contributed by atoms with Gasteiger partial charge in [-0.05, 0) is 73.5 Å². The zero-order valence-electron chi connectivity index (χ0n) is 20.9. The third-order valence-corrected chi connectivity index (χ3v) is 10.4. The van der Waals surface area contributed by atoms with Crippen LogP contribution in [-0.4, -0.2) is 11.6 Å². The highest BCUT2D eigenvalue weighted by molar-refractivity contribution is 5.92.